The van der Waals surface area contributed by atoms with Gasteiger partial charge in [-0.3, -0.25) is 0 Å². The average Bonchev–Trinajstić information content (AvgIpc) is 3.02. The van der Waals surface area contributed by atoms with E-state index in [-0.39, 0.29) is 11.5 Å². The molecule has 156 valence electrons. The van der Waals surface area contributed by atoms with Crippen molar-refractivity contribution in [2.75, 3.05) is 5.43 Å². The molecule has 1 aromatic rings. The fraction of sp³-hybridized carbons (Fsp3) is 0.680. The van der Waals surface area contributed by atoms with Crippen LogP contribution in [0.5, 0.6) is 0 Å². The van der Waals surface area contributed by atoms with Crippen molar-refractivity contribution in [3.05, 3.63) is 36.0 Å². The molecule has 5 rings (SSSR count). The maximum absolute atomic E-state index is 10.6. The second-order valence-corrected chi connectivity index (χ2v) is 10.6. The number of aliphatic hydroxyl groups excluding tert-OH is 1. The quantitative estimate of drug-likeness (QED) is 0.569. The molecule has 3 fully saturated rings. The monoisotopic (exact) mass is 394 g/mol. The summed E-state index contributed by atoms with van der Waals surface area (Å²) in [5.74, 6) is 3.33. The van der Waals surface area contributed by atoms with Crippen molar-refractivity contribution < 1.29 is 9.67 Å². The smallest absolute Gasteiger partial charge is 0.299 e. The van der Waals surface area contributed by atoms with Gasteiger partial charge in [0.15, 0.2) is 0 Å². The molecule has 6 atom stereocenters. The molecule has 3 saturated carbocycles. The van der Waals surface area contributed by atoms with Crippen LogP contribution in [0.4, 0.5) is 5.82 Å². The minimum Gasteiger partial charge on any atom is -0.393 e. The van der Waals surface area contributed by atoms with Crippen LogP contribution in [-0.4, -0.2) is 16.9 Å². The van der Waals surface area contributed by atoms with E-state index in [9.17, 15) is 5.11 Å². The lowest BCUT2D eigenvalue weighted by atomic mass is 9.47. The van der Waals surface area contributed by atoms with Crippen LogP contribution in [0.25, 0.3) is 0 Å². The molecule has 0 amide bonds. The number of hydrazone groups is 1. The van der Waals surface area contributed by atoms with Gasteiger partial charge in [-0.15, -0.1) is 5.43 Å². The number of anilines is 1. The summed E-state index contributed by atoms with van der Waals surface area (Å²) in [7, 11) is 2.04. The third kappa shape index (κ3) is 2.98. The normalized spacial score (nSPS) is 42.6. The fourth-order valence-corrected chi connectivity index (χ4v) is 7.40. The van der Waals surface area contributed by atoms with E-state index in [1.165, 1.54) is 44.2 Å². The Morgan fingerprint density at radius 3 is 2.76 bits per heavy atom. The first kappa shape index (κ1) is 19.3. The van der Waals surface area contributed by atoms with Gasteiger partial charge in [0.2, 0.25) is 0 Å². The number of nitrogens with zero attached hydrogens (tertiary/aromatic N) is 2. The molecule has 0 radical (unpaired) electrons. The van der Waals surface area contributed by atoms with Gasteiger partial charge in [-0.25, -0.2) is 4.57 Å². The molecule has 4 aliphatic rings. The molecule has 0 bridgehead atoms. The van der Waals surface area contributed by atoms with Crippen molar-refractivity contribution in [3.63, 3.8) is 0 Å². The van der Waals surface area contributed by atoms with E-state index in [2.05, 4.69) is 36.0 Å². The van der Waals surface area contributed by atoms with Gasteiger partial charge >= 0.3 is 0 Å². The largest absolute Gasteiger partial charge is 0.393 e. The Kier molecular flexibility index (Phi) is 4.62. The molecule has 0 aromatic carbocycles. The highest BCUT2D eigenvalue weighted by Gasteiger charge is 2.58. The second-order valence-electron chi connectivity index (χ2n) is 10.6. The predicted molar refractivity (Wildman–Crippen MR) is 116 cm³/mol. The summed E-state index contributed by atoms with van der Waals surface area (Å²) in [6, 6.07) is 6.13. The minimum absolute atomic E-state index is 0.0753. The third-order valence-corrected chi connectivity index (χ3v) is 9.30. The molecular formula is C25H36N3O+. The van der Waals surface area contributed by atoms with Gasteiger partial charge in [0, 0.05) is 6.07 Å². The van der Waals surface area contributed by atoms with Crippen LogP contribution in [0.3, 0.4) is 0 Å². The first-order valence-electron chi connectivity index (χ1n) is 11.6. The van der Waals surface area contributed by atoms with Crippen LogP contribution in [-0.2, 0) is 7.05 Å². The van der Waals surface area contributed by atoms with E-state index >= 15 is 0 Å². The van der Waals surface area contributed by atoms with Gasteiger partial charge in [0.1, 0.15) is 0 Å². The van der Waals surface area contributed by atoms with Crippen LogP contribution in [0.1, 0.15) is 65.2 Å². The summed E-state index contributed by atoms with van der Waals surface area (Å²) in [6.45, 7) is 4.91. The summed E-state index contributed by atoms with van der Waals surface area (Å²) in [5, 5.41) is 15.4. The molecule has 4 aliphatic carbocycles. The van der Waals surface area contributed by atoms with Gasteiger partial charge in [0.25, 0.3) is 5.82 Å². The van der Waals surface area contributed by atoms with E-state index in [0.29, 0.717) is 5.41 Å². The standard InChI is InChI=1S/C25H35N3O/c1-24-13-11-18(26-27-23-6-4-5-15-28(23)3)16-17(24)7-8-19-20-9-10-22(29)25(20,2)14-12-21(19)24/h4-6,15-16,19-22,29H,7-14H2,1-3H3/p+1/b26-18+/t19-,20-,21-,22-,24-,25-/m0/s1. The number of hydrogen-bond donors (Lipinski definition) is 2. The number of pyridine rings is 1. The third-order valence-electron chi connectivity index (χ3n) is 9.30. The van der Waals surface area contributed by atoms with E-state index in [1.54, 1.807) is 5.57 Å². The van der Waals surface area contributed by atoms with Crippen LogP contribution < -0.4 is 9.99 Å². The van der Waals surface area contributed by atoms with Gasteiger partial charge in [0.05, 0.1) is 25.1 Å². The molecule has 0 aliphatic heterocycles. The lowest BCUT2D eigenvalue weighted by Crippen LogP contribution is -2.51. The van der Waals surface area contributed by atoms with E-state index in [1.807, 2.05) is 25.4 Å². The van der Waals surface area contributed by atoms with Crippen molar-refractivity contribution in [3.8, 4) is 0 Å². The van der Waals surface area contributed by atoms with E-state index in [4.69, 9.17) is 5.10 Å². The first-order valence-corrected chi connectivity index (χ1v) is 11.6. The van der Waals surface area contributed by atoms with Crippen LogP contribution in [0, 0.1) is 28.6 Å². The molecule has 4 nitrogen and oxygen atoms in total. The van der Waals surface area contributed by atoms with Crippen LogP contribution in [0.2, 0.25) is 0 Å². The predicted octanol–water partition coefficient (Wildman–Crippen LogP) is 4.60. The minimum atomic E-state index is -0.0753. The topological polar surface area (TPSA) is 48.5 Å². The van der Waals surface area contributed by atoms with Crippen molar-refractivity contribution in [2.45, 2.75) is 71.3 Å². The van der Waals surface area contributed by atoms with Crippen LogP contribution in [0.15, 0.2) is 41.1 Å². The zero-order valence-corrected chi connectivity index (χ0v) is 18.2. The average molecular weight is 395 g/mol. The Morgan fingerprint density at radius 1 is 1.07 bits per heavy atom. The summed E-state index contributed by atoms with van der Waals surface area (Å²) in [5.41, 5.74) is 6.59. The van der Waals surface area contributed by atoms with Crippen LogP contribution >= 0.6 is 0 Å². The highest BCUT2D eigenvalue weighted by molar-refractivity contribution is 5.97. The number of allylic oxidation sites excluding steroid dienone is 2. The summed E-state index contributed by atoms with van der Waals surface area (Å²) in [4.78, 5) is 0. The molecular weight excluding hydrogens is 358 g/mol. The van der Waals surface area contributed by atoms with Crippen molar-refractivity contribution in [2.24, 2.45) is 40.7 Å². The number of aliphatic hydroxyl groups is 1. The van der Waals surface area contributed by atoms with Gasteiger partial charge < -0.3 is 5.11 Å². The number of hydrogen-bond acceptors (Lipinski definition) is 3. The van der Waals surface area contributed by atoms with E-state index < -0.39 is 0 Å². The second kappa shape index (κ2) is 6.94. The fourth-order valence-electron chi connectivity index (χ4n) is 7.40. The van der Waals surface area contributed by atoms with Crippen molar-refractivity contribution in [1.29, 1.82) is 0 Å². The molecule has 0 unspecified atom stereocenters. The summed E-state index contributed by atoms with van der Waals surface area (Å²) in [6.07, 6.45) is 13.9. The highest BCUT2D eigenvalue weighted by atomic mass is 16.3. The lowest BCUT2D eigenvalue weighted by molar-refractivity contribution is -0.657. The maximum atomic E-state index is 10.6. The Balaban J connectivity index is 1.37. The SMILES string of the molecule is C[n+]1ccccc1N/N=C1/C=C2CC[C@H]3[C@@H]4CC[C@H](O)[C@@]4(C)CC[C@@H]3[C@@]2(C)CC1. The summed E-state index contributed by atoms with van der Waals surface area (Å²) < 4.78 is 2.06. The lowest BCUT2D eigenvalue weighted by Gasteiger charge is -2.57. The highest BCUT2D eigenvalue weighted by Crippen LogP contribution is 2.65. The molecule has 0 saturated heterocycles. The number of fused-ring (bicyclic) bond motifs is 5. The van der Waals surface area contributed by atoms with E-state index in [0.717, 1.165) is 36.4 Å². The molecule has 1 aromatic heterocycles. The zero-order chi connectivity index (χ0) is 20.2. The Hall–Kier alpha value is -1.68. The molecule has 29 heavy (non-hydrogen) atoms. The molecule has 2 N–H and O–H groups in total. The number of nitrogens with one attached hydrogen (secondary N) is 1. The van der Waals surface area contributed by atoms with Gasteiger partial charge in [-0.2, -0.15) is 0 Å². The Bertz CT molecular complexity index is 861. The zero-order valence-electron chi connectivity index (χ0n) is 18.2. The molecule has 4 heteroatoms. The van der Waals surface area contributed by atoms with Crippen molar-refractivity contribution >= 4 is 11.5 Å². The number of aryl methyl sites for hydroxylation is 1. The molecule has 1 heterocycles. The Labute approximate surface area is 175 Å². The van der Waals surface area contributed by atoms with Gasteiger partial charge in [-0.05, 0) is 92.1 Å². The molecule has 0 spiro atoms. The number of rotatable bonds is 2. The number of aromatic nitrogens is 1. The Morgan fingerprint density at radius 2 is 1.93 bits per heavy atom. The summed E-state index contributed by atoms with van der Waals surface area (Å²) >= 11 is 0. The maximum Gasteiger partial charge on any atom is 0.299 e. The first-order chi connectivity index (χ1) is 13.9. The van der Waals surface area contributed by atoms with Crippen molar-refractivity contribution in [1.82, 2.24) is 0 Å². The van der Waals surface area contributed by atoms with Gasteiger partial charge in [-0.1, -0.05) is 30.6 Å².